The SMILES string of the molecule is Cc1cc(-c2cccc(S(C)(=O)=O)c2)c(Cl)cc1C1=C(O)C2(CCCCC2)OC1=O. The van der Waals surface area contributed by atoms with E-state index in [1.807, 2.05) is 6.92 Å². The Balaban J connectivity index is 1.80. The van der Waals surface area contributed by atoms with Gasteiger partial charge in [-0.1, -0.05) is 30.2 Å². The van der Waals surface area contributed by atoms with Gasteiger partial charge < -0.3 is 9.84 Å². The second-order valence-electron chi connectivity index (χ2n) is 8.12. The Morgan fingerprint density at radius 3 is 2.43 bits per heavy atom. The number of aliphatic hydroxyl groups excluding tert-OH is 1. The Morgan fingerprint density at radius 1 is 1.07 bits per heavy atom. The first kappa shape index (κ1) is 20.9. The van der Waals surface area contributed by atoms with Crippen molar-refractivity contribution < 1.29 is 23.1 Å². The molecule has 0 bridgehead atoms. The van der Waals surface area contributed by atoms with Crippen LogP contribution in [0.15, 0.2) is 47.1 Å². The van der Waals surface area contributed by atoms with Crippen LogP contribution in [-0.4, -0.2) is 31.4 Å². The number of sulfone groups is 1. The van der Waals surface area contributed by atoms with Gasteiger partial charge in [-0.3, -0.25) is 0 Å². The highest BCUT2D eigenvalue weighted by atomic mass is 35.5. The fraction of sp³-hybridized carbons (Fsp3) is 0.348. The minimum absolute atomic E-state index is 0.00168. The van der Waals surface area contributed by atoms with Crippen LogP contribution in [0.4, 0.5) is 0 Å². The number of halogens is 1. The predicted molar refractivity (Wildman–Crippen MR) is 116 cm³/mol. The second-order valence-corrected chi connectivity index (χ2v) is 10.5. The van der Waals surface area contributed by atoms with Crippen LogP contribution >= 0.6 is 11.6 Å². The molecule has 1 spiro atoms. The molecule has 1 heterocycles. The van der Waals surface area contributed by atoms with Crippen molar-refractivity contribution in [2.75, 3.05) is 6.26 Å². The summed E-state index contributed by atoms with van der Waals surface area (Å²) >= 11 is 6.55. The highest BCUT2D eigenvalue weighted by Gasteiger charge is 2.49. The Kier molecular flexibility index (Phi) is 5.19. The van der Waals surface area contributed by atoms with Crippen molar-refractivity contribution >= 4 is 33.0 Å². The molecule has 0 amide bonds. The molecule has 158 valence electrons. The van der Waals surface area contributed by atoms with E-state index in [9.17, 15) is 18.3 Å². The van der Waals surface area contributed by atoms with Crippen LogP contribution < -0.4 is 0 Å². The van der Waals surface area contributed by atoms with Gasteiger partial charge in [-0.25, -0.2) is 13.2 Å². The summed E-state index contributed by atoms with van der Waals surface area (Å²) in [6.07, 6.45) is 5.27. The number of aryl methyl sites for hydroxylation is 1. The van der Waals surface area contributed by atoms with Gasteiger partial charge >= 0.3 is 5.97 Å². The van der Waals surface area contributed by atoms with Gasteiger partial charge in [0.15, 0.2) is 21.2 Å². The third-order valence-electron chi connectivity index (χ3n) is 5.98. The zero-order valence-corrected chi connectivity index (χ0v) is 18.4. The molecule has 0 unspecified atom stereocenters. The molecule has 0 aromatic heterocycles. The Hall–Kier alpha value is -2.31. The third kappa shape index (κ3) is 3.52. The highest BCUT2D eigenvalue weighted by Crippen LogP contribution is 2.46. The zero-order valence-electron chi connectivity index (χ0n) is 16.9. The lowest BCUT2D eigenvalue weighted by Gasteiger charge is -2.31. The smallest absolute Gasteiger partial charge is 0.343 e. The average molecular weight is 447 g/mol. The first-order chi connectivity index (χ1) is 14.1. The Morgan fingerprint density at radius 2 is 1.77 bits per heavy atom. The lowest BCUT2D eigenvalue weighted by atomic mass is 9.82. The van der Waals surface area contributed by atoms with Crippen molar-refractivity contribution in [3.05, 3.63) is 58.3 Å². The van der Waals surface area contributed by atoms with Crippen LogP contribution in [0.2, 0.25) is 5.02 Å². The van der Waals surface area contributed by atoms with Crippen LogP contribution in [0.5, 0.6) is 0 Å². The summed E-state index contributed by atoms with van der Waals surface area (Å²) in [5.74, 6) is -0.529. The Labute approximate surface area is 181 Å². The highest BCUT2D eigenvalue weighted by molar-refractivity contribution is 7.90. The summed E-state index contributed by atoms with van der Waals surface area (Å²) in [5, 5.41) is 11.3. The van der Waals surface area contributed by atoms with Crippen LogP contribution in [0.3, 0.4) is 0 Å². The minimum Gasteiger partial charge on any atom is -0.507 e. The number of carbonyl (C=O) groups excluding carboxylic acids is 1. The number of ether oxygens (including phenoxy) is 1. The first-order valence-electron chi connectivity index (χ1n) is 9.90. The first-order valence-corrected chi connectivity index (χ1v) is 12.2. The molecule has 4 rings (SSSR count). The number of hydrogen-bond acceptors (Lipinski definition) is 5. The van der Waals surface area contributed by atoms with Gasteiger partial charge in [-0.2, -0.15) is 0 Å². The Bertz CT molecular complexity index is 1170. The molecule has 2 aliphatic rings. The number of carbonyl (C=O) groups is 1. The van der Waals surface area contributed by atoms with E-state index in [0.29, 0.717) is 34.6 Å². The molecule has 1 fully saturated rings. The van der Waals surface area contributed by atoms with Gasteiger partial charge in [0.05, 0.1) is 4.90 Å². The molecule has 0 atom stereocenters. The minimum atomic E-state index is -3.35. The number of aliphatic hydroxyl groups is 1. The van der Waals surface area contributed by atoms with E-state index in [4.69, 9.17) is 16.3 Å². The lowest BCUT2D eigenvalue weighted by molar-refractivity contribution is -0.149. The van der Waals surface area contributed by atoms with E-state index in [1.165, 1.54) is 6.07 Å². The fourth-order valence-electron chi connectivity index (χ4n) is 4.37. The van der Waals surface area contributed by atoms with E-state index >= 15 is 0 Å². The van der Waals surface area contributed by atoms with E-state index in [0.717, 1.165) is 31.1 Å². The summed E-state index contributed by atoms with van der Waals surface area (Å²) in [4.78, 5) is 12.9. The van der Waals surface area contributed by atoms with Gasteiger partial charge in [0, 0.05) is 16.8 Å². The molecule has 1 N–H and O–H groups in total. The molecular formula is C23H23ClO5S. The monoisotopic (exact) mass is 446 g/mol. The molecular weight excluding hydrogens is 424 g/mol. The molecule has 1 aliphatic heterocycles. The fourth-order valence-corrected chi connectivity index (χ4v) is 5.31. The van der Waals surface area contributed by atoms with Crippen molar-refractivity contribution in [2.45, 2.75) is 49.5 Å². The predicted octanol–water partition coefficient (Wildman–Crippen LogP) is 5.25. The standard InChI is InChI=1S/C23H23ClO5S/c1-14-11-18(15-7-6-8-16(12-15)30(2,27)28)19(24)13-17(14)20-21(25)23(29-22(20)26)9-4-3-5-10-23/h6-8,11-13,25H,3-5,9-10H2,1-2H3. The quantitative estimate of drug-likeness (QED) is 0.651. The van der Waals surface area contributed by atoms with Crippen LogP contribution in [0.1, 0.15) is 43.2 Å². The van der Waals surface area contributed by atoms with Crippen molar-refractivity contribution in [1.82, 2.24) is 0 Å². The van der Waals surface area contributed by atoms with Gasteiger partial charge in [-0.15, -0.1) is 0 Å². The largest absolute Gasteiger partial charge is 0.507 e. The van der Waals surface area contributed by atoms with Gasteiger partial charge in [0.25, 0.3) is 0 Å². The van der Waals surface area contributed by atoms with E-state index in [1.54, 1.807) is 30.3 Å². The number of hydrogen-bond donors (Lipinski definition) is 1. The summed E-state index contributed by atoms with van der Waals surface area (Å²) in [6.45, 7) is 1.83. The van der Waals surface area contributed by atoms with Crippen molar-refractivity contribution in [3.8, 4) is 11.1 Å². The van der Waals surface area contributed by atoms with Crippen LogP contribution in [0.25, 0.3) is 16.7 Å². The molecule has 7 heteroatoms. The maximum Gasteiger partial charge on any atom is 0.343 e. The molecule has 30 heavy (non-hydrogen) atoms. The summed E-state index contributed by atoms with van der Waals surface area (Å²) in [6, 6.07) is 10.0. The normalized spacial score (nSPS) is 18.7. The summed E-state index contributed by atoms with van der Waals surface area (Å²) < 4.78 is 29.5. The molecule has 1 saturated carbocycles. The van der Waals surface area contributed by atoms with Gasteiger partial charge in [-0.05, 0) is 73.6 Å². The number of rotatable bonds is 3. The summed E-state index contributed by atoms with van der Waals surface area (Å²) in [5.41, 5.74) is 1.86. The van der Waals surface area contributed by atoms with Crippen molar-refractivity contribution in [2.24, 2.45) is 0 Å². The maximum atomic E-state index is 12.7. The number of esters is 1. The molecule has 5 nitrogen and oxygen atoms in total. The van der Waals surface area contributed by atoms with Crippen molar-refractivity contribution in [3.63, 3.8) is 0 Å². The molecule has 0 saturated heterocycles. The molecule has 2 aromatic rings. The molecule has 2 aromatic carbocycles. The lowest BCUT2D eigenvalue weighted by Crippen LogP contribution is -2.34. The van der Waals surface area contributed by atoms with Gasteiger partial charge in [0.1, 0.15) is 5.57 Å². The van der Waals surface area contributed by atoms with E-state index in [2.05, 4.69) is 0 Å². The van der Waals surface area contributed by atoms with E-state index in [-0.39, 0.29) is 16.2 Å². The zero-order chi connectivity index (χ0) is 21.7. The maximum absolute atomic E-state index is 12.7. The average Bonchev–Trinajstić information content (AvgIpc) is 2.93. The van der Waals surface area contributed by atoms with Crippen LogP contribution in [-0.2, 0) is 19.4 Å². The summed E-state index contributed by atoms with van der Waals surface area (Å²) in [7, 11) is -3.35. The number of benzene rings is 2. The molecule has 0 radical (unpaired) electrons. The third-order valence-corrected chi connectivity index (χ3v) is 7.40. The van der Waals surface area contributed by atoms with Gasteiger partial charge in [0.2, 0.25) is 0 Å². The van der Waals surface area contributed by atoms with Crippen molar-refractivity contribution in [1.29, 1.82) is 0 Å². The van der Waals surface area contributed by atoms with Crippen LogP contribution in [0, 0.1) is 6.92 Å². The van der Waals surface area contributed by atoms with E-state index < -0.39 is 21.4 Å². The second kappa shape index (κ2) is 7.43. The molecule has 1 aliphatic carbocycles. The topological polar surface area (TPSA) is 80.7 Å².